The van der Waals surface area contributed by atoms with Crippen molar-refractivity contribution in [2.45, 2.75) is 25.7 Å². The molecule has 0 N–H and O–H groups in total. The van der Waals surface area contributed by atoms with E-state index in [0.29, 0.717) is 6.42 Å². The van der Waals surface area contributed by atoms with Gasteiger partial charge < -0.3 is 0 Å². The van der Waals surface area contributed by atoms with Crippen LogP contribution in [0.1, 0.15) is 25.7 Å². The lowest BCUT2D eigenvalue weighted by Crippen LogP contribution is -2.19. The Morgan fingerprint density at radius 3 is 2.89 bits per heavy atom. The van der Waals surface area contributed by atoms with Gasteiger partial charge in [-0.3, -0.25) is 9.10 Å². The fourth-order valence-corrected chi connectivity index (χ4v) is 1.21. The molecule has 1 amide bonds. The molecule has 0 aliphatic carbocycles. The summed E-state index contributed by atoms with van der Waals surface area (Å²) in [6.07, 6.45) is 4.00. The predicted octanol–water partition coefficient (Wildman–Crippen LogP) is 1.23. The molecule has 0 saturated carbocycles. The minimum Gasteiger partial charge on any atom is -0.289 e. The van der Waals surface area contributed by atoms with Crippen molar-refractivity contribution >= 4 is 18.7 Å². The maximum Gasteiger partial charge on any atom is 0.232 e. The van der Waals surface area contributed by atoms with Crippen LogP contribution in [0.25, 0.3) is 0 Å². The highest BCUT2D eigenvalue weighted by molar-refractivity contribution is 7.78. The molecule has 0 unspecified atom stereocenters. The normalized spacial score (nSPS) is 21.9. The van der Waals surface area contributed by atoms with Gasteiger partial charge in [0.15, 0.2) is 0 Å². The van der Waals surface area contributed by atoms with Gasteiger partial charge in [0.1, 0.15) is 0 Å². The summed E-state index contributed by atoms with van der Waals surface area (Å²) in [5.41, 5.74) is 0. The van der Waals surface area contributed by atoms with Crippen LogP contribution in [0.2, 0.25) is 0 Å². The Bertz CT molecular complexity index is 116. The molecule has 1 saturated heterocycles. The van der Waals surface area contributed by atoms with E-state index in [4.69, 9.17) is 0 Å². The summed E-state index contributed by atoms with van der Waals surface area (Å²) < 4.78 is 1.52. The van der Waals surface area contributed by atoms with Crippen molar-refractivity contribution in [2.75, 3.05) is 6.54 Å². The summed E-state index contributed by atoms with van der Waals surface area (Å²) in [7, 11) is 0. The monoisotopic (exact) mass is 145 g/mol. The molecule has 52 valence electrons. The van der Waals surface area contributed by atoms with E-state index in [2.05, 4.69) is 12.8 Å². The first-order valence-corrected chi connectivity index (χ1v) is 3.70. The molecule has 0 atom stereocenters. The number of carbonyl (C=O) groups excluding carboxylic acids is 1. The summed E-state index contributed by atoms with van der Waals surface area (Å²) in [5.74, 6) is 0.177. The molecule has 2 nitrogen and oxygen atoms in total. The van der Waals surface area contributed by atoms with Crippen molar-refractivity contribution in [2.24, 2.45) is 0 Å². The smallest absolute Gasteiger partial charge is 0.232 e. The van der Waals surface area contributed by atoms with Crippen molar-refractivity contribution in [3.05, 3.63) is 0 Å². The number of nitrogens with zero attached hydrogens (tertiary/aromatic N) is 1. The molecule has 1 aliphatic heterocycles. The molecule has 0 radical (unpaired) electrons. The van der Waals surface area contributed by atoms with Crippen LogP contribution < -0.4 is 0 Å². The van der Waals surface area contributed by atoms with Gasteiger partial charge in [-0.25, -0.2) is 0 Å². The molecular weight excluding hydrogens is 134 g/mol. The second-order valence-electron chi connectivity index (χ2n) is 2.33. The number of amides is 1. The lowest BCUT2D eigenvalue weighted by Gasteiger charge is -2.09. The number of hydrogen-bond acceptors (Lipinski definition) is 2. The van der Waals surface area contributed by atoms with Gasteiger partial charge in [0, 0.05) is 13.0 Å². The van der Waals surface area contributed by atoms with Gasteiger partial charge in [-0.15, -0.1) is 0 Å². The SMILES string of the molecule is O=C1CCCCCN1S. The van der Waals surface area contributed by atoms with Crippen molar-refractivity contribution in [1.29, 1.82) is 0 Å². The van der Waals surface area contributed by atoms with E-state index in [1.807, 2.05) is 0 Å². The third-order valence-electron chi connectivity index (χ3n) is 1.55. The first kappa shape index (κ1) is 6.93. The highest BCUT2D eigenvalue weighted by Crippen LogP contribution is 2.11. The van der Waals surface area contributed by atoms with Crippen LogP contribution in [-0.2, 0) is 4.79 Å². The van der Waals surface area contributed by atoms with Crippen molar-refractivity contribution < 1.29 is 4.79 Å². The maximum atomic E-state index is 10.9. The Labute approximate surface area is 60.8 Å². The Hall–Kier alpha value is -0.180. The molecule has 1 rings (SSSR count). The van der Waals surface area contributed by atoms with Crippen LogP contribution in [0, 0.1) is 0 Å². The molecule has 0 aromatic carbocycles. The van der Waals surface area contributed by atoms with Crippen molar-refractivity contribution in [3.8, 4) is 0 Å². The molecular formula is C6H11NOS. The Morgan fingerprint density at radius 2 is 2.11 bits per heavy atom. The zero-order chi connectivity index (χ0) is 6.69. The molecule has 0 spiro atoms. The van der Waals surface area contributed by atoms with Gasteiger partial charge in [0.05, 0.1) is 0 Å². The van der Waals surface area contributed by atoms with Crippen LogP contribution in [0.3, 0.4) is 0 Å². The van der Waals surface area contributed by atoms with Crippen molar-refractivity contribution in [3.63, 3.8) is 0 Å². The van der Waals surface area contributed by atoms with Crippen LogP contribution in [0.4, 0.5) is 0 Å². The zero-order valence-corrected chi connectivity index (χ0v) is 6.23. The average molecular weight is 145 g/mol. The molecule has 9 heavy (non-hydrogen) atoms. The molecule has 3 heteroatoms. The van der Waals surface area contributed by atoms with Gasteiger partial charge in [0.2, 0.25) is 5.91 Å². The summed E-state index contributed by atoms with van der Waals surface area (Å²) in [5, 5.41) is 0. The van der Waals surface area contributed by atoms with Crippen LogP contribution in [0.15, 0.2) is 0 Å². The summed E-state index contributed by atoms with van der Waals surface area (Å²) >= 11 is 4.01. The van der Waals surface area contributed by atoms with Crippen LogP contribution in [-0.4, -0.2) is 16.8 Å². The van der Waals surface area contributed by atoms with E-state index in [1.54, 1.807) is 0 Å². The summed E-state index contributed by atoms with van der Waals surface area (Å²) in [6, 6.07) is 0. The second-order valence-corrected chi connectivity index (χ2v) is 2.81. The van der Waals surface area contributed by atoms with Gasteiger partial charge >= 0.3 is 0 Å². The molecule has 0 aromatic rings. The number of carbonyl (C=O) groups is 1. The summed E-state index contributed by atoms with van der Waals surface area (Å²) in [6.45, 7) is 0.821. The third-order valence-corrected chi connectivity index (χ3v) is 1.97. The van der Waals surface area contributed by atoms with E-state index in [-0.39, 0.29) is 5.91 Å². The minimum absolute atomic E-state index is 0.177. The third kappa shape index (κ3) is 1.90. The van der Waals surface area contributed by atoms with Gasteiger partial charge in [0.25, 0.3) is 0 Å². The quantitative estimate of drug-likeness (QED) is 0.508. The largest absolute Gasteiger partial charge is 0.289 e. The average Bonchev–Trinajstić information content (AvgIpc) is 1.99. The standard InChI is InChI=1S/C6H11NOS/c8-6-4-2-1-3-5-7(6)9/h9H,1-5H2. The number of hydrogen-bond donors (Lipinski definition) is 1. The highest BCUT2D eigenvalue weighted by Gasteiger charge is 2.11. The molecule has 0 bridgehead atoms. The van der Waals surface area contributed by atoms with Crippen LogP contribution >= 0.6 is 12.8 Å². The van der Waals surface area contributed by atoms with Gasteiger partial charge in [-0.2, -0.15) is 0 Å². The highest BCUT2D eigenvalue weighted by atomic mass is 32.1. The Balaban J connectivity index is 2.41. The van der Waals surface area contributed by atoms with Crippen LogP contribution in [0.5, 0.6) is 0 Å². The minimum atomic E-state index is 0.177. The zero-order valence-electron chi connectivity index (χ0n) is 5.34. The van der Waals surface area contributed by atoms with E-state index < -0.39 is 0 Å². The molecule has 0 aromatic heterocycles. The van der Waals surface area contributed by atoms with Gasteiger partial charge in [-0.05, 0) is 12.8 Å². The van der Waals surface area contributed by atoms with Gasteiger partial charge in [-0.1, -0.05) is 19.2 Å². The first-order chi connectivity index (χ1) is 4.30. The second kappa shape index (κ2) is 3.11. The van der Waals surface area contributed by atoms with E-state index in [0.717, 1.165) is 19.4 Å². The Morgan fingerprint density at radius 1 is 1.33 bits per heavy atom. The van der Waals surface area contributed by atoms with E-state index in [9.17, 15) is 4.79 Å². The van der Waals surface area contributed by atoms with Crippen molar-refractivity contribution in [1.82, 2.24) is 4.31 Å². The molecule has 1 fully saturated rings. The topological polar surface area (TPSA) is 20.3 Å². The number of thiol groups is 1. The van der Waals surface area contributed by atoms with E-state index in [1.165, 1.54) is 10.7 Å². The number of rotatable bonds is 0. The lowest BCUT2D eigenvalue weighted by molar-refractivity contribution is -0.125. The molecule has 1 aliphatic rings. The molecule has 1 heterocycles. The fraction of sp³-hybridized carbons (Fsp3) is 0.833. The predicted molar refractivity (Wildman–Crippen MR) is 39.2 cm³/mol. The Kier molecular flexibility index (Phi) is 2.39. The maximum absolute atomic E-state index is 10.9. The fourth-order valence-electron chi connectivity index (χ4n) is 0.968. The summed E-state index contributed by atoms with van der Waals surface area (Å²) in [4.78, 5) is 10.9. The van der Waals surface area contributed by atoms with E-state index >= 15 is 0 Å². The lowest BCUT2D eigenvalue weighted by atomic mass is 10.2. The first-order valence-electron chi connectivity index (χ1n) is 3.30.